The number of hydrogen-bond donors (Lipinski definition) is 2. The minimum absolute atomic E-state index is 0.0568. The Bertz CT molecular complexity index is 1390. The lowest BCUT2D eigenvalue weighted by atomic mass is 9.96. The van der Waals surface area contributed by atoms with Gasteiger partial charge < -0.3 is 20.4 Å². The van der Waals surface area contributed by atoms with Gasteiger partial charge in [0.15, 0.2) is 0 Å². The van der Waals surface area contributed by atoms with E-state index in [0.29, 0.717) is 19.0 Å². The van der Waals surface area contributed by atoms with Crippen LogP contribution in [-0.2, 0) is 17.9 Å². The zero-order valence-electron chi connectivity index (χ0n) is 21.8. The maximum atomic E-state index is 13.6. The predicted octanol–water partition coefficient (Wildman–Crippen LogP) is 5.45. The second-order valence-electron chi connectivity index (χ2n) is 9.88. The third kappa shape index (κ3) is 6.24. The van der Waals surface area contributed by atoms with Crippen molar-refractivity contribution in [2.24, 2.45) is 5.92 Å². The Morgan fingerprint density at radius 3 is 2.42 bits per heavy atom. The number of carbonyl (C=O) groups is 1. The van der Waals surface area contributed by atoms with Crippen LogP contribution in [0.15, 0.2) is 72.8 Å². The van der Waals surface area contributed by atoms with Gasteiger partial charge in [-0.05, 0) is 90.0 Å². The Morgan fingerprint density at radius 1 is 0.974 bits per heavy atom. The van der Waals surface area contributed by atoms with Gasteiger partial charge in [0, 0.05) is 41.2 Å². The van der Waals surface area contributed by atoms with E-state index in [1.165, 1.54) is 0 Å². The zero-order valence-corrected chi connectivity index (χ0v) is 24.0. The molecule has 3 aromatic carbocycles. The van der Waals surface area contributed by atoms with Crippen LogP contribution < -0.4 is 20.4 Å². The Balaban J connectivity index is 1.36. The third-order valence-corrected chi connectivity index (χ3v) is 7.56. The molecule has 7 nitrogen and oxygen atoms in total. The Kier molecular flexibility index (Phi) is 8.38. The molecule has 5 rings (SSSR count). The minimum atomic E-state index is 0.0568. The van der Waals surface area contributed by atoms with Crippen LogP contribution >= 0.6 is 22.6 Å². The molecule has 1 fully saturated rings. The van der Waals surface area contributed by atoms with Crippen LogP contribution in [0.4, 0.5) is 17.5 Å². The molecule has 1 saturated heterocycles. The van der Waals surface area contributed by atoms with Gasteiger partial charge >= 0.3 is 0 Å². The average Bonchev–Trinajstić information content (AvgIpc) is 2.95. The number of nitrogens with one attached hydrogen (secondary N) is 2. The van der Waals surface area contributed by atoms with Crippen molar-refractivity contribution in [1.82, 2.24) is 15.3 Å². The number of piperidine rings is 1. The molecule has 0 radical (unpaired) electrons. The summed E-state index contributed by atoms with van der Waals surface area (Å²) >= 11 is 2.31. The molecule has 0 unspecified atom stereocenters. The van der Waals surface area contributed by atoms with Gasteiger partial charge in [-0.3, -0.25) is 4.79 Å². The number of anilines is 3. The predicted molar refractivity (Wildman–Crippen MR) is 164 cm³/mol. The summed E-state index contributed by atoms with van der Waals surface area (Å²) in [4.78, 5) is 26.9. The van der Waals surface area contributed by atoms with Gasteiger partial charge in [-0.1, -0.05) is 42.5 Å². The summed E-state index contributed by atoms with van der Waals surface area (Å²) in [6.07, 6.45) is 1.76. The molecule has 38 heavy (non-hydrogen) atoms. The van der Waals surface area contributed by atoms with Gasteiger partial charge in [0.1, 0.15) is 5.82 Å². The van der Waals surface area contributed by atoms with Crippen molar-refractivity contribution >= 4 is 56.9 Å². The Hall–Kier alpha value is -3.24. The molecule has 1 aliphatic heterocycles. The van der Waals surface area contributed by atoms with E-state index in [2.05, 4.69) is 87.8 Å². The number of benzene rings is 3. The number of fused-ring (bicyclic) bond motifs is 1. The van der Waals surface area contributed by atoms with Crippen molar-refractivity contribution in [3.63, 3.8) is 0 Å². The number of nitrogens with zero attached hydrogens (tertiary/aromatic N) is 4. The third-order valence-electron chi connectivity index (χ3n) is 6.89. The first kappa shape index (κ1) is 26.4. The molecule has 196 valence electrons. The van der Waals surface area contributed by atoms with Gasteiger partial charge in [-0.2, -0.15) is 4.98 Å². The summed E-state index contributed by atoms with van der Waals surface area (Å²) in [7, 11) is 3.90. The Morgan fingerprint density at radius 2 is 1.71 bits per heavy atom. The van der Waals surface area contributed by atoms with Crippen LogP contribution in [0.25, 0.3) is 10.9 Å². The van der Waals surface area contributed by atoms with E-state index in [1.807, 2.05) is 42.1 Å². The summed E-state index contributed by atoms with van der Waals surface area (Å²) in [6.45, 7) is 2.98. The standard InChI is InChI=1S/C30H33IN6O/c1-36(2)30-34-27-18-24(31)10-13-26(27)28(35-30)33-19-21-8-11-25(12-9-21)37(20-22-6-4-3-5-7-22)29(38)23-14-16-32-17-15-23/h3-13,18,23,32H,14-17,19-20H2,1-2H3,(H,33,34,35). The number of aromatic nitrogens is 2. The second kappa shape index (κ2) is 12.1. The quantitative estimate of drug-likeness (QED) is 0.256. The fraction of sp³-hybridized carbons (Fsp3) is 0.300. The summed E-state index contributed by atoms with van der Waals surface area (Å²) < 4.78 is 1.14. The highest BCUT2D eigenvalue weighted by Gasteiger charge is 2.27. The minimum Gasteiger partial charge on any atom is -0.365 e. The molecule has 2 heterocycles. The highest BCUT2D eigenvalue weighted by molar-refractivity contribution is 14.1. The lowest BCUT2D eigenvalue weighted by Gasteiger charge is -2.30. The second-order valence-corrected chi connectivity index (χ2v) is 11.1. The average molecular weight is 621 g/mol. The van der Waals surface area contributed by atoms with Gasteiger partial charge in [0.05, 0.1) is 12.1 Å². The van der Waals surface area contributed by atoms with Crippen molar-refractivity contribution < 1.29 is 4.79 Å². The molecule has 0 spiro atoms. The van der Waals surface area contributed by atoms with Crippen molar-refractivity contribution in [2.45, 2.75) is 25.9 Å². The van der Waals surface area contributed by atoms with E-state index in [4.69, 9.17) is 9.97 Å². The van der Waals surface area contributed by atoms with Crippen molar-refractivity contribution in [1.29, 1.82) is 0 Å². The van der Waals surface area contributed by atoms with Crippen LogP contribution in [-0.4, -0.2) is 43.1 Å². The molecule has 0 aliphatic carbocycles. The summed E-state index contributed by atoms with van der Waals surface area (Å²) in [5.41, 5.74) is 4.09. The Labute approximate surface area is 237 Å². The molecule has 1 amide bonds. The van der Waals surface area contributed by atoms with Crippen LogP contribution in [0, 0.1) is 9.49 Å². The SMILES string of the molecule is CN(C)c1nc(NCc2ccc(N(Cc3ccccc3)C(=O)C3CCNCC3)cc2)c2ccc(I)cc2n1. The first-order valence-electron chi connectivity index (χ1n) is 13.0. The number of halogens is 1. The van der Waals surface area contributed by atoms with Crippen LogP contribution in [0.3, 0.4) is 0 Å². The van der Waals surface area contributed by atoms with Crippen LogP contribution in [0.5, 0.6) is 0 Å². The van der Waals surface area contributed by atoms with Crippen LogP contribution in [0.2, 0.25) is 0 Å². The highest BCUT2D eigenvalue weighted by Crippen LogP contribution is 2.27. The number of carbonyl (C=O) groups excluding carboxylic acids is 1. The van der Waals surface area contributed by atoms with Gasteiger partial charge in [-0.15, -0.1) is 0 Å². The molecular weight excluding hydrogens is 587 g/mol. The number of hydrogen-bond acceptors (Lipinski definition) is 6. The summed E-state index contributed by atoms with van der Waals surface area (Å²) in [5, 5.41) is 7.88. The summed E-state index contributed by atoms with van der Waals surface area (Å²) in [6, 6.07) is 24.7. The van der Waals surface area contributed by atoms with Crippen molar-refractivity contribution in [3.8, 4) is 0 Å². The summed E-state index contributed by atoms with van der Waals surface area (Å²) in [5.74, 6) is 1.75. The number of amides is 1. The van der Waals surface area contributed by atoms with Crippen molar-refractivity contribution in [3.05, 3.63) is 87.5 Å². The fourth-order valence-electron chi connectivity index (χ4n) is 4.76. The van der Waals surface area contributed by atoms with Crippen LogP contribution in [0.1, 0.15) is 24.0 Å². The van der Waals surface area contributed by atoms with E-state index < -0.39 is 0 Å². The van der Waals surface area contributed by atoms with E-state index in [-0.39, 0.29) is 11.8 Å². The molecule has 4 aromatic rings. The molecule has 1 aromatic heterocycles. The molecule has 0 saturated carbocycles. The van der Waals surface area contributed by atoms with Gasteiger partial charge in [0.2, 0.25) is 11.9 Å². The van der Waals surface area contributed by atoms with Gasteiger partial charge in [-0.25, -0.2) is 4.98 Å². The normalized spacial score (nSPS) is 13.9. The maximum Gasteiger partial charge on any atom is 0.230 e. The van der Waals surface area contributed by atoms with E-state index in [1.54, 1.807) is 0 Å². The molecule has 8 heteroatoms. The first-order valence-corrected chi connectivity index (χ1v) is 14.1. The molecule has 2 N–H and O–H groups in total. The lowest BCUT2D eigenvalue weighted by Crippen LogP contribution is -2.40. The monoisotopic (exact) mass is 620 g/mol. The smallest absolute Gasteiger partial charge is 0.230 e. The zero-order chi connectivity index (χ0) is 26.5. The highest BCUT2D eigenvalue weighted by atomic mass is 127. The molecule has 1 aliphatic rings. The largest absolute Gasteiger partial charge is 0.365 e. The maximum absolute atomic E-state index is 13.6. The first-order chi connectivity index (χ1) is 18.5. The van der Waals surface area contributed by atoms with E-state index in [0.717, 1.165) is 63.0 Å². The van der Waals surface area contributed by atoms with E-state index in [9.17, 15) is 4.79 Å². The van der Waals surface area contributed by atoms with E-state index >= 15 is 0 Å². The van der Waals surface area contributed by atoms with Crippen molar-refractivity contribution in [2.75, 3.05) is 42.3 Å². The molecule has 0 atom stereocenters. The molecule has 0 bridgehead atoms. The van der Waals surface area contributed by atoms with Gasteiger partial charge in [0.25, 0.3) is 0 Å². The topological polar surface area (TPSA) is 73.4 Å². The molecular formula is C30H33IN6O. The number of rotatable bonds is 8. The lowest BCUT2D eigenvalue weighted by molar-refractivity contribution is -0.123. The fourth-order valence-corrected chi connectivity index (χ4v) is 5.23.